The summed E-state index contributed by atoms with van der Waals surface area (Å²) < 4.78 is 30.3. The average Bonchev–Trinajstić information content (AvgIpc) is 2.65. The van der Waals surface area contributed by atoms with E-state index in [1.54, 1.807) is 30.3 Å². The van der Waals surface area contributed by atoms with Gasteiger partial charge in [0, 0.05) is 5.92 Å². The molecule has 3 nitrogen and oxygen atoms in total. The minimum Gasteiger partial charge on any atom is -0.266 e. The van der Waals surface area contributed by atoms with Crippen LogP contribution in [0.25, 0.3) is 10.8 Å². The van der Waals surface area contributed by atoms with Gasteiger partial charge in [0.2, 0.25) is 0 Å². The molecule has 0 spiro atoms. The lowest BCUT2D eigenvalue weighted by Gasteiger charge is -2.16. The number of benzene rings is 3. The van der Waals surface area contributed by atoms with Gasteiger partial charge in [-0.2, -0.15) is 8.42 Å². The summed E-state index contributed by atoms with van der Waals surface area (Å²) in [6, 6.07) is 20.9. The number of rotatable bonds is 7. The third kappa shape index (κ3) is 4.21. The summed E-state index contributed by atoms with van der Waals surface area (Å²) in [6.45, 7) is 5.79. The van der Waals surface area contributed by atoms with Crippen LogP contribution in [0.1, 0.15) is 23.5 Å². The van der Waals surface area contributed by atoms with Crippen molar-refractivity contribution in [3.63, 3.8) is 0 Å². The summed E-state index contributed by atoms with van der Waals surface area (Å²) in [6.07, 6.45) is 2.43. The lowest BCUT2D eigenvalue weighted by atomic mass is 9.94. The molecule has 3 aromatic carbocycles. The monoisotopic (exact) mass is 366 g/mol. The van der Waals surface area contributed by atoms with E-state index >= 15 is 0 Å². The van der Waals surface area contributed by atoms with Crippen LogP contribution in [0.5, 0.6) is 0 Å². The number of hydrogen-bond acceptors (Lipinski definition) is 3. The summed E-state index contributed by atoms with van der Waals surface area (Å²) in [5, 5.41) is 2.28. The van der Waals surface area contributed by atoms with E-state index in [-0.39, 0.29) is 17.4 Å². The molecule has 3 aromatic rings. The highest BCUT2D eigenvalue weighted by atomic mass is 32.2. The Morgan fingerprint density at radius 2 is 1.69 bits per heavy atom. The first kappa shape index (κ1) is 18.4. The van der Waals surface area contributed by atoms with Crippen LogP contribution in [-0.2, 0) is 14.3 Å². The van der Waals surface area contributed by atoms with Gasteiger partial charge in [0.1, 0.15) is 0 Å². The van der Waals surface area contributed by atoms with Crippen molar-refractivity contribution in [2.45, 2.75) is 24.2 Å². The van der Waals surface area contributed by atoms with Gasteiger partial charge in [0.15, 0.2) is 0 Å². The maximum atomic E-state index is 12.4. The minimum absolute atomic E-state index is 0.0719. The fraction of sp³-hybridized carbons (Fsp3) is 0.182. The van der Waals surface area contributed by atoms with Crippen LogP contribution in [0.3, 0.4) is 0 Å². The van der Waals surface area contributed by atoms with Gasteiger partial charge in [-0.3, -0.25) is 4.18 Å². The zero-order valence-corrected chi connectivity index (χ0v) is 15.6. The first-order chi connectivity index (χ1) is 12.5. The van der Waals surface area contributed by atoms with Crippen molar-refractivity contribution < 1.29 is 12.6 Å². The molecule has 26 heavy (non-hydrogen) atoms. The Bertz CT molecular complexity index is 1000. The van der Waals surface area contributed by atoms with Crippen LogP contribution in [0, 0.1) is 6.92 Å². The van der Waals surface area contributed by atoms with Crippen molar-refractivity contribution in [3.05, 3.63) is 90.5 Å². The lowest BCUT2D eigenvalue weighted by Crippen LogP contribution is -2.13. The number of allylic oxidation sites excluding steroid dienone is 1. The minimum atomic E-state index is -3.78. The quantitative estimate of drug-likeness (QED) is 0.426. The largest absolute Gasteiger partial charge is 0.296 e. The van der Waals surface area contributed by atoms with Crippen molar-refractivity contribution in [2.24, 2.45) is 0 Å². The van der Waals surface area contributed by atoms with Gasteiger partial charge >= 0.3 is 0 Å². The van der Waals surface area contributed by atoms with Gasteiger partial charge in [-0.05, 0) is 41.8 Å². The zero-order chi connectivity index (χ0) is 18.6. The molecule has 0 radical (unpaired) electrons. The highest BCUT2D eigenvalue weighted by Crippen LogP contribution is 2.26. The highest BCUT2D eigenvalue weighted by molar-refractivity contribution is 7.86. The van der Waals surface area contributed by atoms with Crippen LogP contribution in [0.2, 0.25) is 0 Å². The zero-order valence-electron chi connectivity index (χ0n) is 14.8. The van der Waals surface area contributed by atoms with E-state index in [0.717, 1.165) is 21.9 Å². The highest BCUT2D eigenvalue weighted by Gasteiger charge is 2.19. The summed E-state index contributed by atoms with van der Waals surface area (Å²) >= 11 is 0. The molecule has 4 heteroatoms. The second kappa shape index (κ2) is 7.85. The molecule has 1 atom stereocenters. The van der Waals surface area contributed by atoms with Crippen molar-refractivity contribution in [1.29, 1.82) is 0 Å². The summed E-state index contributed by atoms with van der Waals surface area (Å²) in [5.74, 6) is -0.0719. The molecule has 3 rings (SSSR count). The molecule has 0 N–H and O–H groups in total. The Morgan fingerprint density at radius 3 is 2.38 bits per heavy atom. The third-order valence-electron chi connectivity index (χ3n) is 4.43. The second-order valence-electron chi connectivity index (χ2n) is 6.38. The molecule has 0 saturated heterocycles. The van der Waals surface area contributed by atoms with E-state index in [1.807, 2.05) is 31.2 Å². The second-order valence-corrected chi connectivity index (χ2v) is 7.99. The molecular formula is C22H22O3S. The van der Waals surface area contributed by atoms with E-state index in [4.69, 9.17) is 4.18 Å². The number of aryl methyl sites for hydroxylation is 1. The van der Waals surface area contributed by atoms with Gasteiger partial charge in [0.25, 0.3) is 10.1 Å². The molecule has 0 saturated carbocycles. The van der Waals surface area contributed by atoms with E-state index in [1.165, 1.54) is 0 Å². The summed E-state index contributed by atoms with van der Waals surface area (Å²) in [5.41, 5.74) is 2.05. The summed E-state index contributed by atoms with van der Waals surface area (Å²) in [4.78, 5) is 0.180. The molecule has 0 fully saturated rings. The van der Waals surface area contributed by atoms with Gasteiger partial charge in [-0.1, -0.05) is 66.2 Å². The van der Waals surface area contributed by atoms with Crippen molar-refractivity contribution >= 4 is 20.9 Å². The van der Waals surface area contributed by atoms with Gasteiger partial charge in [0.05, 0.1) is 11.5 Å². The van der Waals surface area contributed by atoms with Crippen molar-refractivity contribution in [1.82, 2.24) is 0 Å². The SMILES string of the molecule is C=CCC(COS(=O)(=O)c1ccc(C)cc1)c1ccc2ccccc2c1. The van der Waals surface area contributed by atoms with Crippen molar-refractivity contribution in [2.75, 3.05) is 6.61 Å². The summed E-state index contributed by atoms with van der Waals surface area (Å²) in [7, 11) is -3.78. The molecule has 0 bridgehead atoms. The van der Waals surface area contributed by atoms with Crippen LogP contribution >= 0.6 is 0 Å². The maximum Gasteiger partial charge on any atom is 0.296 e. The first-order valence-corrected chi connectivity index (χ1v) is 9.96. The molecule has 0 aliphatic heterocycles. The van der Waals surface area contributed by atoms with E-state index in [9.17, 15) is 8.42 Å². The van der Waals surface area contributed by atoms with Crippen LogP contribution in [0.15, 0.2) is 84.3 Å². The average molecular weight is 366 g/mol. The maximum absolute atomic E-state index is 12.4. The van der Waals surface area contributed by atoms with E-state index in [2.05, 4.69) is 24.8 Å². The Labute approximate surface area is 155 Å². The first-order valence-electron chi connectivity index (χ1n) is 8.55. The number of fused-ring (bicyclic) bond motifs is 1. The molecule has 0 heterocycles. The fourth-order valence-corrected chi connectivity index (χ4v) is 3.86. The van der Waals surface area contributed by atoms with Crippen LogP contribution < -0.4 is 0 Å². The topological polar surface area (TPSA) is 43.4 Å². The lowest BCUT2D eigenvalue weighted by molar-refractivity contribution is 0.291. The Kier molecular flexibility index (Phi) is 5.55. The van der Waals surface area contributed by atoms with E-state index in [0.29, 0.717) is 6.42 Å². The van der Waals surface area contributed by atoms with Crippen LogP contribution in [-0.4, -0.2) is 15.0 Å². The molecule has 0 aliphatic carbocycles. The molecule has 1 unspecified atom stereocenters. The van der Waals surface area contributed by atoms with Gasteiger partial charge in [-0.15, -0.1) is 6.58 Å². The molecule has 0 aromatic heterocycles. The standard InChI is InChI=1S/C22H22O3S/c1-3-6-21(20-12-11-18-7-4-5-8-19(18)15-20)16-25-26(23,24)22-13-9-17(2)10-14-22/h3-5,7-15,21H,1,6,16H2,2H3. The fourth-order valence-electron chi connectivity index (χ4n) is 2.91. The molecule has 0 amide bonds. The predicted octanol–water partition coefficient (Wildman–Crippen LogP) is 5.21. The normalized spacial score (nSPS) is 12.8. The molecule has 0 aliphatic rings. The predicted molar refractivity (Wildman–Crippen MR) is 106 cm³/mol. The van der Waals surface area contributed by atoms with Gasteiger partial charge in [-0.25, -0.2) is 0 Å². The molecular weight excluding hydrogens is 344 g/mol. The van der Waals surface area contributed by atoms with E-state index < -0.39 is 10.1 Å². The number of hydrogen-bond donors (Lipinski definition) is 0. The Morgan fingerprint density at radius 1 is 1.00 bits per heavy atom. The van der Waals surface area contributed by atoms with Gasteiger partial charge < -0.3 is 0 Å². The Balaban J connectivity index is 1.81. The Hall–Kier alpha value is -2.43. The third-order valence-corrected chi connectivity index (χ3v) is 5.73. The molecule has 134 valence electrons. The van der Waals surface area contributed by atoms with Crippen molar-refractivity contribution in [3.8, 4) is 0 Å². The smallest absolute Gasteiger partial charge is 0.266 e. The van der Waals surface area contributed by atoms with Crippen LogP contribution in [0.4, 0.5) is 0 Å².